The van der Waals surface area contributed by atoms with Crippen LogP contribution in [0, 0.1) is 5.92 Å². The van der Waals surface area contributed by atoms with Crippen molar-refractivity contribution < 1.29 is 18.7 Å². The molecule has 0 aliphatic carbocycles. The zero-order valence-corrected chi connectivity index (χ0v) is 11.4. The minimum atomic E-state index is -0.668. The lowest BCUT2D eigenvalue weighted by atomic mass is 9.99. The Balaban J connectivity index is 2.78. The van der Waals surface area contributed by atoms with Crippen LogP contribution in [-0.2, 0) is 16.1 Å². The number of esters is 1. The fourth-order valence-electron chi connectivity index (χ4n) is 1.63. The van der Waals surface area contributed by atoms with Gasteiger partial charge in [0.1, 0.15) is 18.1 Å². The Bertz CT molecular complexity index is 442. The number of hydrogen-bond donors (Lipinski definition) is 2. The molecule has 0 bridgehead atoms. The lowest BCUT2D eigenvalue weighted by Gasteiger charge is -2.21. The number of rotatable bonds is 6. The van der Waals surface area contributed by atoms with Gasteiger partial charge in [-0.3, -0.25) is 4.79 Å². The summed E-state index contributed by atoms with van der Waals surface area (Å²) in [5.41, 5.74) is 5.75. The van der Waals surface area contributed by atoms with Crippen molar-refractivity contribution in [2.45, 2.75) is 32.9 Å². The molecule has 0 unspecified atom stereocenters. The van der Waals surface area contributed by atoms with Gasteiger partial charge in [0.2, 0.25) is 0 Å². The van der Waals surface area contributed by atoms with Crippen molar-refractivity contribution in [3.05, 3.63) is 23.7 Å². The van der Waals surface area contributed by atoms with Crippen molar-refractivity contribution in [3.63, 3.8) is 0 Å². The highest BCUT2D eigenvalue weighted by Crippen LogP contribution is 2.12. The molecule has 0 aliphatic rings. The Labute approximate surface area is 112 Å². The molecule has 0 spiro atoms. The van der Waals surface area contributed by atoms with Gasteiger partial charge in [-0.1, -0.05) is 20.3 Å². The zero-order chi connectivity index (χ0) is 14.4. The number of carbonyl (C=O) groups is 2. The maximum absolute atomic E-state index is 12.0. The highest BCUT2D eigenvalue weighted by molar-refractivity contribution is 5.96. The third-order valence-electron chi connectivity index (χ3n) is 3.07. The highest BCUT2D eigenvalue weighted by Gasteiger charge is 2.27. The molecule has 0 aliphatic heterocycles. The molecule has 1 amide bonds. The molecular formula is C13H20N2O4. The summed E-state index contributed by atoms with van der Waals surface area (Å²) in [6, 6.07) is 0.888. The van der Waals surface area contributed by atoms with E-state index in [2.05, 4.69) is 5.32 Å². The molecule has 0 fully saturated rings. The van der Waals surface area contributed by atoms with Crippen LogP contribution in [0.5, 0.6) is 0 Å². The van der Waals surface area contributed by atoms with Crippen molar-refractivity contribution >= 4 is 11.9 Å². The number of hydrogen-bond acceptors (Lipinski definition) is 5. The Morgan fingerprint density at radius 2 is 2.21 bits per heavy atom. The molecule has 1 heterocycles. The fraction of sp³-hybridized carbons (Fsp3) is 0.538. The van der Waals surface area contributed by atoms with Gasteiger partial charge < -0.3 is 20.2 Å². The van der Waals surface area contributed by atoms with Gasteiger partial charge in [0, 0.05) is 0 Å². The second-order valence-corrected chi connectivity index (χ2v) is 4.37. The number of ether oxygens (including phenoxy) is 1. The van der Waals surface area contributed by atoms with E-state index in [0.717, 1.165) is 6.42 Å². The van der Waals surface area contributed by atoms with Gasteiger partial charge in [-0.05, 0) is 12.0 Å². The van der Waals surface area contributed by atoms with Gasteiger partial charge in [-0.25, -0.2) is 4.79 Å². The standard InChI is InChI=1S/C13H20N2O4/c1-4-8(2)11(13(17)18-3)15-12(16)9-5-10(6-14)19-7-9/h5,7-8,11H,4,6,14H2,1-3H3,(H,15,16)/t8-,11-/m0/s1. The third-order valence-corrected chi connectivity index (χ3v) is 3.07. The SMILES string of the molecule is CC[C@H](C)[C@H](NC(=O)c1coc(CN)c1)C(=O)OC. The van der Waals surface area contributed by atoms with E-state index in [-0.39, 0.29) is 18.4 Å². The predicted molar refractivity (Wildman–Crippen MR) is 69.3 cm³/mol. The van der Waals surface area contributed by atoms with Gasteiger partial charge in [-0.2, -0.15) is 0 Å². The fourth-order valence-corrected chi connectivity index (χ4v) is 1.63. The summed E-state index contributed by atoms with van der Waals surface area (Å²) in [6.45, 7) is 4.04. The minimum absolute atomic E-state index is 0.0164. The van der Waals surface area contributed by atoms with E-state index in [0.29, 0.717) is 11.3 Å². The van der Waals surface area contributed by atoms with E-state index in [1.807, 2.05) is 13.8 Å². The van der Waals surface area contributed by atoms with Crippen LogP contribution in [0.1, 0.15) is 36.4 Å². The van der Waals surface area contributed by atoms with E-state index < -0.39 is 12.0 Å². The highest BCUT2D eigenvalue weighted by atomic mass is 16.5. The van der Waals surface area contributed by atoms with Gasteiger partial charge in [0.25, 0.3) is 5.91 Å². The summed E-state index contributed by atoms with van der Waals surface area (Å²) in [7, 11) is 1.30. The van der Waals surface area contributed by atoms with E-state index in [4.69, 9.17) is 14.9 Å². The number of methoxy groups -OCH3 is 1. The average molecular weight is 268 g/mol. The molecule has 0 saturated heterocycles. The quantitative estimate of drug-likeness (QED) is 0.752. The lowest BCUT2D eigenvalue weighted by molar-refractivity contribution is -0.144. The van der Waals surface area contributed by atoms with E-state index in [1.165, 1.54) is 13.4 Å². The van der Waals surface area contributed by atoms with Gasteiger partial charge in [-0.15, -0.1) is 0 Å². The molecule has 19 heavy (non-hydrogen) atoms. The molecule has 0 aromatic carbocycles. The summed E-state index contributed by atoms with van der Waals surface area (Å²) < 4.78 is 9.79. The van der Waals surface area contributed by atoms with Crippen LogP contribution in [0.3, 0.4) is 0 Å². The summed E-state index contributed by atoms with van der Waals surface area (Å²) in [5, 5.41) is 2.66. The Morgan fingerprint density at radius 3 is 2.68 bits per heavy atom. The largest absolute Gasteiger partial charge is 0.467 e. The van der Waals surface area contributed by atoms with Crippen LogP contribution in [0.4, 0.5) is 0 Å². The molecule has 6 nitrogen and oxygen atoms in total. The van der Waals surface area contributed by atoms with Crippen LogP contribution in [-0.4, -0.2) is 25.0 Å². The van der Waals surface area contributed by atoms with E-state index in [1.54, 1.807) is 6.07 Å². The summed E-state index contributed by atoms with van der Waals surface area (Å²) in [4.78, 5) is 23.7. The number of furan rings is 1. The van der Waals surface area contributed by atoms with E-state index >= 15 is 0 Å². The summed E-state index contributed by atoms with van der Waals surface area (Å²) in [5.74, 6) is -0.329. The molecule has 2 atom stereocenters. The van der Waals surface area contributed by atoms with Gasteiger partial charge in [0.15, 0.2) is 0 Å². The smallest absolute Gasteiger partial charge is 0.328 e. The second-order valence-electron chi connectivity index (χ2n) is 4.37. The maximum atomic E-state index is 12.0. The number of nitrogens with two attached hydrogens (primary N) is 1. The third kappa shape index (κ3) is 3.82. The van der Waals surface area contributed by atoms with Gasteiger partial charge >= 0.3 is 5.97 Å². The molecule has 1 aromatic rings. The molecule has 0 saturated carbocycles. The summed E-state index contributed by atoms with van der Waals surface area (Å²) >= 11 is 0. The Kier molecular flexibility index (Phi) is 5.57. The van der Waals surface area contributed by atoms with Crippen LogP contribution in [0.2, 0.25) is 0 Å². The van der Waals surface area contributed by atoms with E-state index in [9.17, 15) is 9.59 Å². The topological polar surface area (TPSA) is 94.6 Å². The van der Waals surface area contributed by atoms with Crippen LogP contribution >= 0.6 is 0 Å². The first-order valence-electron chi connectivity index (χ1n) is 6.19. The van der Waals surface area contributed by atoms with Gasteiger partial charge in [0.05, 0.1) is 19.2 Å². The number of carbonyl (C=O) groups excluding carboxylic acids is 2. The lowest BCUT2D eigenvalue weighted by Crippen LogP contribution is -2.45. The monoisotopic (exact) mass is 268 g/mol. The van der Waals surface area contributed by atoms with Crippen LogP contribution in [0.25, 0.3) is 0 Å². The first-order valence-corrected chi connectivity index (χ1v) is 6.19. The summed E-state index contributed by atoms with van der Waals surface area (Å²) in [6.07, 6.45) is 2.07. The van der Waals surface area contributed by atoms with Crippen molar-refractivity contribution in [1.29, 1.82) is 0 Å². The first kappa shape index (κ1) is 15.2. The first-order chi connectivity index (χ1) is 9.03. The van der Waals surface area contributed by atoms with Crippen LogP contribution in [0.15, 0.2) is 16.7 Å². The Morgan fingerprint density at radius 1 is 1.53 bits per heavy atom. The second kappa shape index (κ2) is 6.94. The molecular weight excluding hydrogens is 248 g/mol. The average Bonchev–Trinajstić information content (AvgIpc) is 2.91. The molecule has 1 rings (SSSR count). The van der Waals surface area contributed by atoms with Crippen molar-refractivity contribution in [3.8, 4) is 0 Å². The number of nitrogens with one attached hydrogen (secondary N) is 1. The normalized spacial score (nSPS) is 13.7. The Hall–Kier alpha value is -1.82. The zero-order valence-electron chi connectivity index (χ0n) is 11.4. The molecule has 3 N–H and O–H groups in total. The molecule has 106 valence electrons. The molecule has 0 radical (unpaired) electrons. The molecule has 1 aromatic heterocycles. The molecule has 6 heteroatoms. The maximum Gasteiger partial charge on any atom is 0.328 e. The number of amides is 1. The van der Waals surface area contributed by atoms with Crippen molar-refractivity contribution in [1.82, 2.24) is 5.32 Å². The van der Waals surface area contributed by atoms with Crippen molar-refractivity contribution in [2.75, 3.05) is 7.11 Å². The van der Waals surface area contributed by atoms with Crippen LogP contribution < -0.4 is 11.1 Å². The van der Waals surface area contributed by atoms with Crippen molar-refractivity contribution in [2.24, 2.45) is 11.7 Å². The predicted octanol–water partition coefficient (Wildman–Crippen LogP) is 1.06. The minimum Gasteiger partial charge on any atom is -0.467 e.